The lowest BCUT2D eigenvalue weighted by Gasteiger charge is -2.10. The highest BCUT2D eigenvalue weighted by atomic mass is 19.2. The van der Waals surface area contributed by atoms with Gasteiger partial charge in [0.25, 0.3) is 0 Å². The highest BCUT2D eigenvalue weighted by molar-refractivity contribution is 5.68. The average molecular weight is 276 g/mol. The van der Waals surface area contributed by atoms with Gasteiger partial charge in [0.2, 0.25) is 5.82 Å². The second-order valence-electron chi connectivity index (χ2n) is 3.90. The Morgan fingerprint density at radius 1 is 0.684 bits per heavy atom. The van der Waals surface area contributed by atoms with Crippen molar-refractivity contribution in [2.45, 2.75) is 6.92 Å². The molecule has 0 saturated carbocycles. The van der Waals surface area contributed by atoms with Gasteiger partial charge >= 0.3 is 0 Å². The van der Waals surface area contributed by atoms with Crippen molar-refractivity contribution < 1.29 is 26.3 Å². The van der Waals surface area contributed by atoms with Gasteiger partial charge in [0.05, 0.1) is 5.56 Å². The molecular weight excluding hydrogens is 270 g/mol. The van der Waals surface area contributed by atoms with E-state index in [0.29, 0.717) is 6.07 Å². The van der Waals surface area contributed by atoms with E-state index < -0.39 is 40.5 Å². The largest absolute Gasteiger partial charge is 0.207 e. The van der Waals surface area contributed by atoms with Crippen LogP contribution in [0.4, 0.5) is 26.3 Å². The standard InChI is InChI=1S/C13H6F6/c1-5-2-3-6(14)4-7(5)8-9(15)11(17)13(19)12(18)10(8)16/h2-4H,1H3. The van der Waals surface area contributed by atoms with Gasteiger partial charge in [0.1, 0.15) is 5.82 Å². The molecule has 0 bridgehead atoms. The molecule has 0 aromatic heterocycles. The van der Waals surface area contributed by atoms with E-state index in [0.717, 1.165) is 6.07 Å². The second kappa shape index (κ2) is 4.60. The molecule has 2 rings (SSSR count). The van der Waals surface area contributed by atoms with Gasteiger partial charge in [-0.3, -0.25) is 0 Å². The third kappa shape index (κ3) is 2.07. The van der Waals surface area contributed by atoms with Crippen molar-refractivity contribution in [1.29, 1.82) is 0 Å². The molecule has 0 aliphatic carbocycles. The molecule has 0 heterocycles. The zero-order chi connectivity index (χ0) is 14.3. The fourth-order valence-electron chi connectivity index (χ4n) is 1.70. The summed E-state index contributed by atoms with van der Waals surface area (Å²) in [4.78, 5) is 0. The van der Waals surface area contributed by atoms with Crippen molar-refractivity contribution in [3.05, 3.63) is 58.7 Å². The summed E-state index contributed by atoms with van der Waals surface area (Å²) in [7, 11) is 0. The molecule has 6 heteroatoms. The van der Waals surface area contributed by atoms with Crippen molar-refractivity contribution in [3.63, 3.8) is 0 Å². The molecule has 0 saturated heterocycles. The Balaban J connectivity index is 2.87. The minimum atomic E-state index is -2.24. The average Bonchev–Trinajstić information content (AvgIpc) is 2.38. The molecule has 0 N–H and O–H groups in total. The van der Waals surface area contributed by atoms with E-state index in [2.05, 4.69) is 0 Å². The number of halogens is 6. The van der Waals surface area contributed by atoms with Crippen molar-refractivity contribution in [2.24, 2.45) is 0 Å². The van der Waals surface area contributed by atoms with Crippen molar-refractivity contribution in [2.75, 3.05) is 0 Å². The van der Waals surface area contributed by atoms with Gasteiger partial charge in [-0.25, -0.2) is 26.3 Å². The summed E-state index contributed by atoms with van der Waals surface area (Å²) in [5.74, 6) is -11.2. The van der Waals surface area contributed by atoms with E-state index in [9.17, 15) is 26.3 Å². The lowest BCUT2D eigenvalue weighted by atomic mass is 9.98. The SMILES string of the molecule is Cc1ccc(F)cc1-c1c(F)c(F)c(F)c(F)c1F. The lowest BCUT2D eigenvalue weighted by molar-refractivity contribution is 0.381. The van der Waals surface area contributed by atoms with Crippen LogP contribution in [0.2, 0.25) is 0 Å². The molecule has 19 heavy (non-hydrogen) atoms. The van der Waals surface area contributed by atoms with Crippen LogP contribution in [0, 0.1) is 41.8 Å². The third-order valence-electron chi connectivity index (χ3n) is 2.68. The summed E-state index contributed by atoms with van der Waals surface area (Å²) in [6, 6.07) is 2.92. The molecule has 0 nitrogen and oxygen atoms in total. The predicted octanol–water partition coefficient (Wildman–Crippen LogP) is 4.50. The van der Waals surface area contributed by atoms with Crippen molar-refractivity contribution in [3.8, 4) is 11.1 Å². The Kier molecular flexibility index (Phi) is 3.26. The highest BCUT2D eigenvalue weighted by Crippen LogP contribution is 2.33. The molecule has 0 amide bonds. The quantitative estimate of drug-likeness (QED) is 0.409. The summed E-state index contributed by atoms with van der Waals surface area (Å²) in [6.07, 6.45) is 0. The molecule has 0 atom stereocenters. The van der Waals surface area contributed by atoms with E-state index in [1.54, 1.807) is 0 Å². The molecule has 0 aliphatic heterocycles. The van der Waals surface area contributed by atoms with E-state index in [4.69, 9.17) is 0 Å². The summed E-state index contributed by atoms with van der Waals surface area (Å²) in [5.41, 5.74) is -1.33. The third-order valence-corrected chi connectivity index (χ3v) is 2.68. The Morgan fingerprint density at radius 2 is 1.16 bits per heavy atom. The van der Waals surface area contributed by atoms with Crippen LogP contribution in [0.3, 0.4) is 0 Å². The molecule has 0 aliphatic rings. The Labute approximate surface area is 104 Å². The van der Waals surface area contributed by atoms with Gasteiger partial charge in [-0.1, -0.05) is 6.07 Å². The number of rotatable bonds is 1. The first-order chi connectivity index (χ1) is 8.84. The molecular formula is C13H6F6. The minimum Gasteiger partial charge on any atom is -0.207 e. The smallest absolute Gasteiger partial charge is 0.200 e. The summed E-state index contributed by atoms with van der Waals surface area (Å²) in [6.45, 7) is 1.37. The van der Waals surface area contributed by atoms with Gasteiger partial charge in [0.15, 0.2) is 23.3 Å². The number of hydrogen-bond donors (Lipinski definition) is 0. The second-order valence-corrected chi connectivity index (χ2v) is 3.90. The van der Waals surface area contributed by atoms with Gasteiger partial charge in [0, 0.05) is 0 Å². The maximum atomic E-state index is 13.6. The van der Waals surface area contributed by atoms with Crippen LogP contribution in [0.15, 0.2) is 18.2 Å². The highest BCUT2D eigenvalue weighted by Gasteiger charge is 2.27. The number of benzene rings is 2. The van der Waals surface area contributed by atoms with E-state index >= 15 is 0 Å². The number of hydrogen-bond acceptors (Lipinski definition) is 0. The summed E-state index contributed by atoms with van der Waals surface area (Å²) >= 11 is 0. The Morgan fingerprint density at radius 3 is 1.68 bits per heavy atom. The topological polar surface area (TPSA) is 0 Å². The zero-order valence-corrected chi connectivity index (χ0v) is 9.50. The molecule has 100 valence electrons. The van der Waals surface area contributed by atoms with Crippen LogP contribution in [0.25, 0.3) is 11.1 Å². The van der Waals surface area contributed by atoms with E-state index in [1.807, 2.05) is 0 Å². The molecule has 0 spiro atoms. The van der Waals surface area contributed by atoms with Crippen LogP contribution < -0.4 is 0 Å². The maximum absolute atomic E-state index is 13.6. The summed E-state index contributed by atoms with van der Waals surface area (Å²) in [5, 5.41) is 0. The van der Waals surface area contributed by atoms with Crippen LogP contribution in [-0.2, 0) is 0 Å². The van der Waals surface area contributed by atoms with Gasteiger partial charge in [-0.2, -0.15) is 0 Å². The van der Waals surface area contributed by atoms with Crippen molar-refractivity contribution in [1.82, 2.24) is 0 Å². The zero-order valence-electron chi connectivity index (χ0n) is 9.50. The molecule has 0 radical (unpaired) electrons. The Hall–Kier alpha value is -1.98. The normalized spacial score (nSPS) is 10.9. The minimum absolute atomic E-state index is 0.185. The molecule has 0 fully saturated rings. The first-order valence-electron chi connectivity index (χ1n) is 5.12. The lowest BCUT2D eigenvalue weighted by Crippen LogP contribution is -2.05. The van der Waals surface area contributed by atoms with Gasteiger partial charge in [-0.15, -0.1) is 0 Å². The van der Waals surface area contributed by atoms with Crippen molar-refractivity contribution >= 4 is 0 Å². The Bertz CT molecular complexity index is 634. The summed E-state index contributed by atoms with van der Waals surface area (Å²) < 4.78 is 79.2. The van der Waals surface area contributed by atoms with Gasteiger partial charge < -0.3 is 0 Å². The van der Waals surface area contributed by atoms with Gasteiger partial charge in [-0.05, 0) is 30.2 Å². The maximum Gasteiger partial charge on any atom is 0.200 e. The first kappa shape index (κ1) is 13.5. The predicted molar refractivity (Wildman–Crippen MR) is 56.4 cm³/mol. The van der Waals surface area contributed by atoms with Crippen LogP contribution in [-0.4, -0.2) is 0 Å². The van der Waals surface area contributed by atoms with Crippen LogP contribution in [0.5, 0.6) is 0 Å². The van der Waals surface area contributed by atoms with E-state index in [-0.39, 0.29) is 11.1 Å². The monoisotopic (exact) mass is 276 g/mol. The first-order valence-corrected chi connectivity index (χ1v) is 5.12. The number of aryl methyl sites for hydroxylation is 1. The molecule has 2 aromatic carbocycles. The fourth-order valence-corrected chi connectivity index (χ4v) is 1.70. The fraction of sp³-hybridized carbons (Fsp3) is 0.0769. The molecule has 2 aromatic rings. The van der Waals surface area contributed by atoms with Crippen LogP contribution in [0.1, 0.15) is 5.56 Å². The van der Waals surface area contributed by atoms with E-state index in [1.165, 1.54) is 13.0 Å². The van der Waals surface area contributed by atoms with Crippen LogP contribution >= 0.6 is 0 Å². The molecule has 0 unspecified atom stereocenters.